The number of thiophene rings is 1. The normalized spacial score (nSPS) is 14.3. The molecule has 0 fully saturated rings. The van der Waals surface area contributed by atoms with Gasteiger partial charge in [0.05, 0.1) is 25.3 Å². The molecule has 6 nitrogen and oxygen atoms in total. The molecule has 0 aliphatic carbocycles. The predicted octanol–water partition coefficient (Wildman–Crippen LogP) is 2.99. The maximum absolute atomic E-state index is 12.8. The highest BCUT2D eigenvalue weighted by Gasteiger charge is 2.39. The lowest BCUT2D eigenvalue weighted by atomic mass is 10.2. The molecule has 3 rings (SSSR count). The largest absolute Gasteiger partial charge is 0.494 e. The summed E-state index contributed by atoms with van der Waals surface area (Å²) in [5, 5.41) is 5.00. The molecule has 1 aliphatic heterocycles. The molecule has 0 radical (unpaired) electrons. The van der Waals surface area contributed by atoms with Gasteiger partial charge in [-0.15, -0.1) is 11.3 Å². The van der Waals surface area contributed by atoms with Crippen LogP contribution in [0.15, 0.2) is 47.5 Å². The fraction of sp³-hybridized carbons (Fsp3) is 0.263. The molecule has 0 saturated carbocycles. The summed E-state index contributed by atoms with van der Waals surface area (Å²) in [5.41, 5.74) is 1.36. The first-order valence-corrected chi connectivity index (χ1v) is 9.16. The molecule has 1 aromatic heterocycles. The Morgan fingerprint density at radius 2 is 2.00 bits per heavy atom. The van der Waals surface area contributed by atoms with Crippen LogP contribution in [0, 0.1) is 0 Å². The van der Waals surface area contributed by atoms with Crippen LogP contribution in [0.4, 0.5) is 5.69 Å². The minimum atomic E-state index is -0.350. The highest BCUT2D eigenvalue weighted by atomic mass is 32.1. The average Bonchev–Trinajstić information content (AvgIpc) is 3.22. The number of imide groups is 1. The van der Waals surface area contributed by atoms with Gasteiger partial charge in [-0.2, -0.15) is 0 Å². The molecule has 1 aromatic carbocycles. The van der Waals surface area contributed by atoms with Gasteiger partial charge in [-0.05, 0) is 30.5 Å². The second-order valence-corrected chi connectivity index (χ2v) is 6.52. The lowest BCUT2D eigenvalue weighted by Crippen LogP contribution is -2.35. The summed E-state index contributed by atoms with van der Waals surface area (Å²) < 4.78 is 10.5. The van der Waals surface area contributed by atoms with E-state index in [0.717, 1.165) is 4.88 Å². The number of methoxy groups -OCH3 is 1. The maximum atomic E-state index is 12.8. The third-order valence-electron chi connectivity index (χ3n) is 3.87. The van der Waals surface area contributed by atoms with Gasteiger partial charge in [0.2, 0.25) is 0 Å². The molecule has 2 heterocycles. The van der Waals surface area contributed by atoms with Crippen molar-refractivity contribution in [3.8, 4) is 5.75 Å². The van der Waals surface area contributed by atoms with Crippen molar-refractivity contribution in [2.45, 2.75) is 6.92 Å². The zero-order chi connectivity index (χ0) is 18.5. The number of hydrogen-bond donors (Lipinski definition) is 1. The molecule has 0 atom stereocenters. The fourth-order valence-corrected chi connectivity index (χ4v) is 3.47. The number of nitrogens with one attached hydrogen (secondary N) is 1. The Balaban J connectivity index is 1.95. The zero-order valence-electron chi connectivity index (χ0n) is 14.7. The Bertz CT molecular complexity index is 830. The van der Waals surface area contributed by atoms with Gasteiger partial charge >= 0.3 is 0 Å². The van der Waals surface area contributed by atoms with Gasteiger partial charge in [0.15, 0.2) is 0 Å². The van der Waals surface area contributed by atoms with E-state index >= 15 is 0 Å². The quantitative estimate of drug-likeness (QED) is 0.722. The van der Waals surface area contributed by atoms with Gasteiger partial charge in [-0.1, -0.05) is 12.1 Å². The molecule has 1 aliphatic rings. The number of benzene rings is 1. The maximum Gasteiger partial charge on any atom is 0.278 e. The van der Waals surface area contributed by atoms with Gasteiger partial charge in [-0.3, -0.25) is 14.5 Å². The number of amides is 2. The number of anilines is 1. The summed E-state index contributed by atoms with van der Waals surface area (Å²) in [5.74, 6) is 0.0408. The number of hydrogen-bond acceptors (Lipinski definition) is 6. The number of ether oxygens (including phenoxy) is 2. The summed E-state index contributed by atoms with van der Waals surface area (Å²) in [6.45, 7) is 2.97. The summed E-state index contributed by atoms with van der Waals surface area (Å²) in [6, 6.07) is 11.0. The molecule has 136 valence electrons. The first kappa shape index (κ1) is 18.2. The standard InChI is InChI=1S/C19H20N2O4S/c1-3-25-14-7-4-6-13(12-14)20-17-16(15-8-5-11-26-15)18(22)21(19(17)23)9-10-24-2/h4-8,11-12,20H,3,9-10H2,1-2H3. The van der Waals surface area contributed by atoms with E-state index in [2.05, 4.69) is 5.32 Å². The van der Waals surface area contributed by atoms with Gasteiger partial charge in [0, 0.05) is 23.7 Å². The van der Waals surface area contributed by atoms with Crippen LogP contribution < -0.4 is 10.1 Å². The second kappa shape index (κ2) is 8.16. The van der Waals surface area contributed by atoms with Crippen LogP contribution in [0.5, 0.6) is 5.75 Å². The SMILES string of the molecule is CCOc1cccc(NC2=C(c3cccs3)C(=O)N(CCOC)C2=O)c1. The van der Waals surface area contributed by atoms with Crippen molar-refractivity contribution >= 4 is 34.4 Å². The minimum Gasteiger partial charge on any atom is -0.494 e. The first-order valence-electron chi connectivity index (χ1n) is 8.29. The number of carbonyl (C=O) groups excluding carboxylic acids is 2. The van der Waals surface area contributed by atoms with Crippen LogP contribution in [-0.2, 0) is 14.3 Å². The predicted molar refractivity (Wildman–Crippen MR) is 101 cm³/mol. The van der Waals surface area contributed by atoms with E-state index in [1.54, 1.807) is 6.07 Å². The van der Waals surface area contributed by atoms with Gasteiger partial charge in [0.25, 0.3) is 11.8 Å². The van der Waals surface area contributed by atoms with Crippen molar-refractivity contribution in [2.24, 2.45) is 0 Å². The zero-order valence-corrected chi connectivity index (χ0v) is 15.5. The highest BCUT2D eigenvalue weighted by molar-refractivity contribution is 7.11. The third-order valence-corrected chi connectivity index (χ3v) is 4.76. The smallest absolute Gasteiger partial charge is 0.278 e. The molecule has 0 unspecified atom stereocenters. The van der Waals surface area contributed by atoms with Crippen LogP contribution in [0.1, 0.15) is 11.8 Å². The van der Waals surface area contributed by atoms with E-state index < -0.39 is 0 Å². The molecule has 26 heavy (non-hydrogen) atoms. The van der Waals surface area contributed by atoms with Gasteiger partial charge < -0.3 is 14.8 Å². The lowest BCUT2D eigenvalue weighted by molar-refractivity contribution is -0.137. The number of nitrogens with zero attached hydrogens (tertiary/aromatic N) is 1. The van der Waals surface area contributed by atoms with Gasteiger partial charge in [-0.25, -0.2) is 0 Å². The number of carbonyl (C=O) groups is 2. The Kier molecular flexibility index (Phi) is 5.70. The van der Waals surface area contributed by atoms with Crippen LogP contribution in [0.2, 0.25) is 0 Å². The molecular formula is C19H20N2O4S. The molecule has 0 bridgehead atoms. The van der Waals surface area contributed by atoms with Crippen molar-refractivity contribution in [2.75, 3.05) is 32.2 Å². The van der Waals surface area contributed by atoms with Crippen LogP contribution >= 0.6 is 11.3 Å². The van der Waals surface area contributed by atoms with Crippen molar-refractivity contribution < 1.29 is 19.1 Å². The van der Waals surface area contributed by atoms with Crippen molar-refractivity contribution in [1.82, 2.24) is 4.90 Å². The second-order valence-electron chi connectivity index (χ2n) is 5.57. The monoisotopic (exact) mass is 372 g/mol. The van der Waals surface area contributed by atoms with Crippen LogP contribution in [0.3, 0.4) is 0 Å². The average molecular weight is 372 g/mol. The molecule has 2 amide bonds. The van der Waals surface area contributed by atoms with Crippen molar-refractivity contribution in [3.63, 3.8) is 0 Å². The van der Waals surface area contributed by atoms with Crippen molar-refractivity contribution in [1.29, 1.82) is 0 Å². The molecule has 0 saturated heterocycles. The molecular weight excluding hydrogens is 352 g/mol. The van der Waals surface area contributed by atoms with E-state index in [9.17, 15) is 9.59 Å². The Morgan fingerprint density at radius 3 is 2.69 bits per heavy atom. The third kappa shape index (κ3) is 3.63. The summed E-state index contributed by atoms with van der Waals surface area (Å²) >= 11 is 1.42. The minimum absolute atomic E-state index is 0.215. The summed E-state index contributed by atoms with van der Waals surface area (Å²) in [4.78, 5) is 27.6. The van der Waals surface area contributed by atoms with E-state index in [1.165, 1.54) is 23.3 Å². The molecule has 7 heteroatoms. The molecule has 2 aromatic rings. The molecule has 0 spiro atoms. The number of rotatable bonds is 8. The van der Waals surface area contributed by atoms with Gasteiger partial charge in [0.1, 0.15) is 11.4 Å². The lowest BCUT2D eigenvalue weighted by Gasteiger charge is -2.14. The Morgan fingerprint density at radius 1 is 1.15 bits per heavy atom. The highest BCUT2D eigenvalue weighted by Crippen LogP contribution is 2.33. The fourth-order valence-electron chi connectivity index (χ4n) is 2.70. The topological polar surface area (TPSA) is 67.9 Å². The van der Waals surface area contributed by atoms with Crippen LogP contribution in [-0.4, -0.2) is 43.6 Å². The van der Waals surface area contributed by atoms with E-state index in [1.807, 2.05) is 42.6 Å². The molecule has 1 N–H and O–H groups in total. The van der Waals surface area contributed by atoms with Crippen LogP contribution in [0.25, 0.3) is 5.57 Å². The summed E-state index contributed by atoms with van der Waals surface area (Å²) in [7, 11) is 1.54. The first-order chi connectivity index (χ1) is 12.7. The van der Waals surface area contributed by atoms with E-state index in [-0.39, 0.29) is 24.1 Å². The van der Waals surface area contributed by atoms with Crippen molar-refractivity contribution in [3.05, 3.63) is 52.4 Å². The Labute approximate surface area is 156 Å². The van der Waals surface area contributed by atoms with E-state index in [0.29, 0.717) is 30.2 Å². The van der Waals surface area contributed by atoms with E-state index in [4.69, 9.17) is 9.47 Å². The summed E-state index contributed by atoms with van der Waals surface area (Å²) in [6.07, 6.45) is 0. The Hall–Kier alpha value is -2.64.